The van der Waals surface area contributed by atoms with Gasteiger partial charge in [-0.1, -0.05) is 19.1 Å². The fourth-order valence-corrected chi connectivity index (χ4v) is 2.48. The van der Waals surface area contributed by atoms with Gasteiger partial charge in [0.05, 0.1) is 18.5 Å². The van der Waals surface area contributed by atoms with Gasteiger partial charge >= 0.3 is 0 Å². The van der Waals surface area contributed by atoms with E-state index >= 15 is 0 Å². The van der Waals surface area contributed by atoms with E-state index in [9.17, 15) is 0 Å². The predicted octanol–water partition coefficient (Wildman–Crippen LogP) is 3.28. The third-order valence-corrected chi connectivity index (χ3v) is 3.48. The van der Waals surface area contributed by atoms with Gasteiger partial charge in [-0.3, -0.25) is 4.68 Å². The minimum absolute atomic E-state index is 0.814. The lowest BCUT2D eigenvalue weighted by Crippen LogP contribution is -1.97. The molecular weight excluding hydrogens is 264 g/mol. The Kier molecular flexibility index (Phi) is 3.48. The van der Waals surface area contributed by atoms with Crippen LogP contribution in [0.5, 0.6) is 5.75 Å². The third kappa shape index (κ3) is 2.42. The maximum atomic E-state index is 5.41. The minimum Gasteiger partial charge on any atom is -0.496 e. The second-order valence-corrected chi connectivity index (χ2v) is 4.86. The highest BCUT2D eigenvalue weighted by Crippen LogP contribution is 2.31. The zero-order valence-electron chi connectivity index (χ0n) is 12.4. The molecular formula is C16H18N4O. The monoisotopic (exact) mass is 282 g/mol. The standard InChI is InChI=1S/C16H18N4O/c1-4-13-14(10-20(2)19-13)18-16-12-6-5-7-15(21-3)11(12)8-9-17-16/h5-10H,4H2,1-3H3,(H,17,18). The number of benzene rings is 1. The average molecular weight is 282 g/mol. The Morgan fingerprint density at radius 1 is 1.24 bits per heavy atom. The molecule has 0 aliphatic heterocycles. The van der Waals surface area contributed by atoms with Gasteiger partial charge in [0.2, 0.25) is 0 Å². The number of aryl methyl sites for hydroxylation is 2. The molecule has 0 unspecified atom stereocenters. The van der Waals surface area contributed by atoms with Crippen molar-refractivity contribution in [1.29, 1.82) is 0 Å². The molecule has 5 heteroatoms. The van der Waals surface area contributed by atoms with Crippen molar-refractivity contribution in [3.05, 3.63) is 42.4 Å². The molecule has 0 aliphatic rings. The number of anilines is 2. The summed E-state index contributed by atoms with van der Waals surface area (Å²) in [6, 6.07) is 7.92. The molecule has 108 valence electrons. The zero-order valence-corrected chi connectivity index (χ0v) is 12.4. The van der Waals surface area contributed by atoms with E-state index in [1.165, 1.54) is 0 Å². The third-order valence-electron chi connectivity index (χ3n) is 3.48. The SMILES string of the molecule is CCc1nn(C)cc1Nc1nccc2c(OC)cccc12. The van der Waals surface area contributed by atoms with Crippen LogP contribution in [0.2, 0.25) is 0 Å². The van der Waals surface area contributed by atoms with Gasteiger partial charge in [0, 0.05) is 30.2 Å². The van der Waals surface area contributed by atoms with Crippen LogP contribution in [0.4, 0.5) is 11.5 Å². The minimum atomic E-state index is 0.814. The van der Waals surface area contributed by atoms with Crippen LogP contribution in [0, 0.1) is 0 Å². The number of nitrogens with zero attached hydrogens (tertiary/aromatic N) is 3. The maximum Gasteiger partial charge on any atom is 0.138 e. The Labute approximate surface area is 123 Å². The first kappa shape index (κ1) is 13.4. The van der Waals surface area contributed by atoms with E-state index in [2.05, 4.69) is 22.3 Å². The van der Waals surface area contributed by atoms with E-state index < -0.39 is 0 Å². The molecule has 21 heavy (non-hydrogen) atoms. The number of hydrogen-bond donors (Lipinski definition) is 1. The van der Waals surface area contributed by atoms with Crippen LogP contribution in [-0.4, -0.2) is 21.9 Å². The highest BCUT2D eigenvalue weighted by atomic mass is 16.5. The van der Waals surface area contributed by atoms with Crippen molar-refractivity contribution in [3.8, 4) is 5.75 Å². The lowest BCUT2D eigenvalue weighted by atomic mass is 10.1. The number of aromatic nitrogens is 3. The van der Waals surface area contributed by atoms with Crippen molar-refractivity contribution < 1.29 is 4.74 Å². The fraction of sp³-hybridized carbons (Fsp3) is 0.250. The van der Waals surface area contributed by atoms with Crippen molar-refractivity contribution in [2.45, 2.75) is 13.3 Å². The molecule has 2 aromatic heterocycles. The number of nitrogens with one attached hydrogen (secondary N) is 1. The van der Waals surface area contributed by atoms with Crippen LogP contribution in [0.3, 0.4) is 0 Å². The zero-order chi connectivity index (χ0) is 14.8. The van der Waals surface area contributed by atoms with Gasteiger partial charge in [-0.25, -0.2) is 4.98 Å². The number of rotatable bonds is 4. The first-order valence-electron chi connectivity index (χ1n) is 6.94. The van der Waals surface area contributed by atoms with E-state index in [0.717, 1.165) is 40.1 Å². The Balaban J connectivity index is 2.08. The molecule has 0 spiro atoms. The van der Waals surface area contributed by atoms with Crippen molar-refractivity contribution >= 4 is 22.3 Å². The quantitative estimate of drug-likeness (QED) is 0.798. The Bertz CT molecular complexity index is 779. The van der Waals surface area contributed by atoms with Gasteiger partial charge in [-0.05, 0) is 18.6 Å². The van der Waals surface area contributed by atoms with Crippen LogP contribution in [0.15, 0.2) is 36.7 Å². The van der Waals surface area contributed by atoms with Gasteiger partial charge in [0.15, 0.2) is 0 Å². The summed E-state index contributed by atoms with van der Waals surface area (Å²) in [5.74, 6) is 1.66. The first-order valence-corrected chi connectivity index (χ1v) is 6.94. The molecule has 1 aromatic carbocycles. The van der Waals surface area contributed by atoms with Crippen molar-refractivity contribution in [1.82, 2.24) is 14.8 Å². The van der Waals surface area contributed by atoms with E-state index in [1.54, 1.807) is 13.3 Å². The summed E-state index contributed by atoms with van der Waals surface area (Å²) in [4.78, 5) is 4.46. The number of ether oxygens (including phenoxy) is 1. The first-order chi connectivity index (χ1) is 10.2. The molecule has 0 fully saturated rings. The molecule has 0 amide bonds. The van der Waals surface area contributed by atoms with E-state index in [0.29, 0.717) is 0 Å². The van der Waals surface area contributed by atoms with Gasteiger partial charge < -0.3 is 10.1 Å². The molecule has 3 rings (SSSR count). The Morgan fingerprint density at radius 3 is 2.86 bits per heavy atom. The molecule has 0 atom stereocenters. The summed E-state index contributed by atoms with van der Waals surface area (Å²) in [5, 5.41) is 9.90. The molecule has 3 aromatic rings. The van der Waals surface area contributed by atoms with Crippen LogP contribution >= 0.6 is 0 Å². The van der Waals surface area contributed by atoms with Crippen molar-refractivity contribution in [2.24, 2.45) is 7.05 Å². The van der Waals surface area contributed by atoms with Crippen LogP contribution in [0.25, 0.3) is 10.8 Å². The molecule has 0 radical (unpaired) electrons. The molecule has 1 N–H and O–H groups in total. The number of hydrogen-bond acceptors (Lipinski definition) is 4. The maximum absolute atomic E-state index is 5.41. The number of methoxy groups -OCH3 is 1. The smallest absolute Gasteiger partial charge is 0.138 e. The van der Waals surface area contributed by atoms with Crippen LogP contribution in [-0.2, 0) is 13.5 Å². The van der Waals surface area contributed by atoms with Gasteiger partial charge in [-0.2, -0.15) is 5.10 Å². The van der Waals surface area contributed by atoms with Gasteiger partial charge in [-0.15, -0.1) is 0 Å². The second-order valence-electron chi connectivity index (χ2n) is 4.86. The summed E-state index contributed by atoms with van der Waals surface area (Å²) in [6.07, 6.45) is 4.63. The summed E-state index contributed by atoms with van der Waals surface area (Å²) in [5.41, 5.74) is 2.02. The summed E-state index contributed by atoms with van der Waals surface area (Å²) >= 11 is 0. The van der Waals surface area contributed by atoms with Crippen molar-refractivity contribution in [3.63, 3.8) is 0 Å². The highest BCUT2D eigenvalue weighted by Gasteiger charge is 2.10. The van der Waals surface area contributed by atoms with E-state index in [1.807, 2.05) is 42.2 Å². The number of fused-ring (bicyclic) bond motifs is 1. The molecule has 0 bridgehead atoms. The summed E-state index contributed by atoms with van der Waals surface area (Å²) in [7, 11) is 3.60. The molecule has 5 nitrogen and oxygen atoms in total. The van der Waals surface area contributed by atoms with E-state index in [-0.39, 0.29) is 0 Å². The van der Waals surface area contributed by atoms with Crippen molar-refractivity contribution in [2.75, 3.05) is 12.4 Å². The predicted molar refractivity (Wildman–Crippen MR) is 84.2 cm³/mol. The summed E-state index contributed by atoms with van der Waals surface area (Å²) < 4.78 is 7.22. The van der Waals surface area contributed by atoms with Gasteiger partial charge in [0.25, 0.3) is 0 Å². The van der Waals surface area contributed by atoms with Crippen LogP contribution in [0.1, 0.15) is 12.6 Å². The molecule has 0 saturated carbocycles. The lowest BCUT2D eigenvalue weighted by Gasteiger charge is -2.10. The van der Waals surface area contributed by atoms with Crippen LogP contribution < -0.4 is 10.1 Å². The molecule has 0 saturated heterocycles. The molecule has 2 heterocycles. The largest absolute Gasteiger partial charge is 0.496 e. The average Bonchev–Trinajstić information content (AvgIpc) is 2.86. The Hall–Kier alpha value is -2.56. The normalized spacial score (nSPS) is 10.8. The number of pyridine rings is 1. The fourth-order valence-electron chi connectivity index (χ4n) is 2.48. The van der Waals surface area contributed by atoms with Gasteiger partial charge in [0.1, 0.15) is 11.6 Å². The van der Waals surface area contributed by atoms with E-state index in [4.69, 9.17) is 4.74 Å². The highest BCUT2D eigenvalue weighted by molar-refractivity contribution is 5.97. The lowest BCUT2D eigenvalue weighted by molar-refractivity contribution is 0.420. The topological polar surface area (TPSA) is 52.0 Å². The Morgan fingerprint density at radius 2 is 2.10 bits per heavy atom. The summed E-state index contributed by atoms with van der Waals surface area (Å²) in [6.45, 7) is 2.09. The molecule has 0 aliphatic carbocycles. The second kappa shape index (κ2) is 5.44.